The molecule has 5 heteroatoms. The Morgan fingerprint density at radius 1 is 1.62 bits per heavy atom. The van der Waals surface area contributed by atoms with Crippen molar-refractivity contribution in [2.75, 3.05) is 0 Å². The number of carbonyl (C=O) groups excluding carboxylic acids is 1. The molecule has 0 spiro atoms. The summed E-state index contributed by atoms with van der Waals surface area (Å²) >= 11 is 0. The maximum Gasteiger partial charge on any atom is 0.354 e. The molecule has 0 atom stereocenters. The molecule has 2 N–H and O–H groups in total. The van der Waals surface area contributed by atoms with E-state index in [1.807, 2.05) is 0 Å². The average Bonchev–Trinajstić information content (AvgIpc) is 2.15. The number of amides is 1. The molecule has 0 unspecified atom stereocenters. The lowest BCUT2D eigenvalue weighted by Crippen LogP contribution is -2.12. The van der Waals surface area contributed by atoms with Crippen molar-refractivity contribution < 1.29 is 14.7 Å². The summed E-state index contributed by atoms with van der Waals surface area (Å²) in [6.07, 6.45) is 0.537. The van der Waals surface area contributed by atoms with Gasteiger partial charge >= 0.3 is 5.97 Å². The van der Waals surface area contributed by atoms with Gasteiger partial charge < -0.3 is 10.4 Å². The predicted octanol–water partition coefficient (Wildman–Crippen LogP) is 0.0258. The maximum absolute atomic E-state index is 10.5. The fraction of sp³-hybridized carbons (Fsp3) is 0.125. The first-order valence-corrected chi connectivity index (χ1v) is 3.60. The van der Waals surface area contributed by atoms with E-state index in [1.54, 1.807) is 12.1 Å². The smallest absolute Gasteiger partial charge is 0.354 e. The molecule has 68 valence electrons. The SMILES string of the molecule is O=CNCc1cccc(C(=O)O)n1. The molecule has 0 aliphatic heterocycles. The van der Waals surface area contributed by atoms with E-state index < -0.39 is 5.97 Å². The van der Waals surface area contributed by atoms with Crippen molar-refractivity contribution >= 4 is 12.4 Å². The normalized spacial score (nSPS) is 9.23. The zero-order chi connectivity index (χ0) is 9.68. The Morgan fingerprint density at radius 2 is 2.38 bits per heavy atom. The molecule has 1 amide bonds. The summed E-state index contributed by atoms with van der Waals surface area (Å²) in [7, 11) is 0. The van der Waals surface area contributed by atoms with E-state index in [4.69, 9.17) is 5.11 Å². The van der Waals surface area contributed by atoms with Gasteiger partial charge in [0.1, 0.15) is 5.69 Å². The third kappa shape index (κ3) is 2.55. The number of nitrogens with one attached hydrogen (secondary N) is 1. The van der Waals surface area contributed by atoms with Gasteiger partial charge in [0.2, 0.25) is 6.41 Å². The van der Waals surface area contributed by atoms with Crippen molar-refractivity contribution in [3.63, 3.8) is 0 Å². The van der Waals surface area contributed by atoms with Crippen molar-refractivity contribution in [3.8, 4) is 0 Å². The van der Waals surface area contributed by atoms with E-state index >= 15 is 0 Å². The first-order valence-electron chi connectivity index (χ1n) is 3.60. The highest BCUT2D eigenvalue weighted by molar-refractivity contribution is 5.85. The zero-order valence-electron chi connectivity index (χ0n) is 6.73. The monoisotopic (exact) mass is 180 g/mol. The second-order valence-corrected chi connectivity index (χ2v) is 2.32. The van der Waals surface area contributed by atoms with Crippen LogP contribution in [0.15, 0.2) is 18.2 Å². The Bertz CT molecular complexity index is 325. The number of nitrogens with zero attached hydrogens (tertiary/aromatic N) is 1. The summed E-state index contributed by atoms with van der Waals surface area (Å²) in [6.45, 7) is 0.241. The summed E-state index contributed by atoms with van der Waals surface area (Å²) in [4.78, 5) is 24.2. The molecule has 1 rings (SSSR count). The number of carboxylic acids is 1. The van der Waals surface area contributed by atoms with Crippen LogP contribution in [-0.2, 0) is 11.3 Å². The van der Waals surface area contributed by atoms with Crippen LogP contribution >= 0.6 is 0 Å². The number of carbonyl (C=O) groups is 2. The topological polar surface area (TPSA) is 79.3 Å². The van der Waals surface area contributed by atoms with Crippen LogP contribution in [-0.4, -0.2) is 22.5 Å². The highest BCUT2D eigenvalue weighted by atomic mass is 16.4. The van der Waals surface area contributed by atoms with Crippen molar-refractivity contribution in [3.05, 3.63) is 29.6 Å². The molecule has 5 nitrogen and oxygen atoms in total. The summed E-state index contributed by atoms with van der Waals surface area (Å²) in [6, 6.07) is 4.62. The molecule has 0 aliphatic rings. The molecule has 1 aromatic rings. The molecular weight excluding hydrogens is 172 g/mol. The van der Waals surface area contributed by atoms with Crippen molar-refractivity contribution in [1.29, 1.82) is 0 Å². The van der Waals surface area contributed by atoms with Gasteiger partial charge in [-0.25, -0.2) is 9.78 Å². The summed E-state index contributed by atoms with van der Waals surface area (Å²) in [5, 5.41) is 11.0. The van der Waals surface area contributed by atoms with Crippen LogP contribution in [0.2, 0.25) is 0 Å². The standard InChI is InChI=1S/C8H8N2O3/c11-5-9-4-6-2-1-3-7(10-6)8(12)13/h1-3,5H,4H2,(H,9,11)(H,12,13). The molecular formula is C8H8N2O3. The number of rotatable bonds is 4. The van der Waals surface area contributed by atoms with Gasteiger partial charge in [0, 0.05) is 0 Å². The number of aromatic nitrogens is 1. The van der Waals surface area contributed by atoms with Crippen LogP contribution in [0, 0.1) is 0 Å². The lowest BCUT2D eigenvalue weighted by atomic mass is 10.3. The van der Waals surface area contributed by atoms with E-state index in [0.29, 0.717) is 12.1 Å². The van der Waals surface area contributed by atoms with Gasteiger partial charge in [0.25, 0.3) is 0 Å². The minimum absolute atomic E-state index is 0.0230. The van der Waals surface area contributed by atoms with Gasteiger partial charge in [-0.3, -0.25) is 4.79 Å². The Labute approximate surface area is 74.4 Å². The molecule has 1 heterocycles. The number of hydrogen-bond donors (Lipinski definition) is 2. The fourth-order valence-electron chi connectivity index (χ4n) is 0.843. The van der Waals surface area contributed by atoms with Gasteiger partial charge in [-0.2, -0.15) is 0 Å². The van der Waals surface area contributed by atoms with E-state index in [1.165, 1.54) is 6.07 Å². The summed E-state index contributed by atoms with van der Waals surface area (Å²) in [5.41, 5.74) is 0.497. The van der Waals surface area contributed by atoms with Crippen LogP contribution in [0.4, 0.5) is 0 Å². The molecule has 13 heavy (non-hydrogen) atoms. The fourth-order valence-corrected chi connectivity index (χ4v) is 0.843. The van der Waals surface area contributed by atoms with Crippen molar-refractivity contribution in [2.24, 2.45) is 0 Å². The number of aromatic carboxylic acids is 1. The van der Waals surface area contributed by atoms with Crippen molar-refractivity contribution in [1.82, 2.24) is 10.3 Å². The molecule has 0 radical (unpaired) electrons. The van der Waals surface area contributed by atoms with Crippen molar-refractivity contribution in [2.45, 2.75) is 6.54 Å². The molecule has 0 aromatic carbocycles. The van der Waals surface area contributed by atoms with E-state index in [9.17, 15) is 9.59 Å². The lowest BCUT2D eigenvalue weighted by molar-refractivity contribution is -0.109. The molecule has 0 saturated carbocycles. The van der Waals surface area contributed by atoms with Gasteiger partial charge in [-0.05, 0) is 12.1 Å². The van der Waals surface area contributed by atoms with Crippen LogP contribution in [0.3, 0.4) is 0 Å². The van der Waals surface area contributed by atoms with E-state index in [2.05, 4.69) is 10.3 Å². The first kappa shape index (κ1) is 9.18. The van der Waals surface area contributed by atoms with E-state index in [-0.39, 0.29) is 12.2 Å². The molecule has 0 fully saturated rings. The van der Waals surface area contributed by atoms with Crippen LogP contribution in [0.1, 0.15) is 16.2 Å². The second-order valence-electron chi connectivity index (χ2n) is 2.32. The summed E-state index contributed by atoms with van der Waals surface area (Å²) < 4.78 is 0. The minimum Gasteiger partial charge on any atom is -0.477 e. The number of hydrogen-bond acceptors (Lipinski definition) is 3. The molecule has 0 saturated heterocycles. The second kappa shape index (κ2) is 4.20. The van der Waals surface area contributed by atoms with Gasteiger partial charge in [0.05, 0.1) is 12.2 Å². The zero-order valence-corrected chi connectivity index (χ0v) is 6.73. The molecule has 1 aromatic heterocycles. The largest absolute Gasteiger partial charge is 0.477 e. The third-order valence-corrected chi connectivity index (χ3v) is 1.39. The Hall–Kier alpha value is -1.91. The van der Waals surface area contributed by atoms with Crippen LogP contribution in [0.5, 0.6) is 0 Å². The quantitative estimate of drug-likeness (QED) is 0.640. The molecule has 0 bridgehead atoms. The third-order valence-electron chi connectivity index (χ3n) is 1.39. The average molecular weight is 180 g/mol. The highest BCUT2D eigenvalue weighted by Crippen LogP contribution is 1.98. The predicted molar refractivity (Wildman–Crippen MR) is 44.1 cm³/mol. The van der Waals surface area contributed by atoms with Gasteiger partial charge in [0.15, 0.2) is 0 Å². The lowest BCUT2D eigenvalue weighted by Gasteiger charge is -1.99. The molecule has 0 aliphatic carbocycles. The van der Waals surface area contributed by atoms with Crippen LogP contribution in [0.25, 0.3) is 0 Å². The Balaban J connectivity index is 2.79. The van der Waals surface area contributed by atoms with Gasteiger partial charge in [-0.15, -0.1) is 0 Å². The summed E-state index contributed by atoms with van der Waals surface area (Å²) in [5.74, 6) is -1.08. The Morgan fingerprint density at radius 3 is 3.00 bits per heavy atom. The number of carboxylic acid groups (broad SMARTS) is 1. The van der Waals surface area contributed by atoms with Crippen LogP contribution < -0.4 is 5.32 Å². The maximum atomic E-state index is 10.5. The number of pyridine rings is 1. The highest BCUT2D eigenvalue weighted by Gasteiger charge is 2.03. The Kier molecular flexibility index (Phi) is 2.97. The minimum atomic E-state index is -1.08. The first-order chi connectivity index (χ1) is 6.24. The van der Waals surface area contributed by atoms with Gasteiger partial charge in [-0.1, -0.05) is 6.07 Å². The van der Waals surface area contributed by atoms with E-state index in [0.717, 1.165) is 0 Å².